The molecule has 0 aliphatic carbocycles. The fraction of sp³-hybridized carbons (Fsp3) is 0. The summed E-state index contributed by atoms with van der Waals surface area (Å²) in [5.74, 6) is 0. The Bertz CT molecular complexity index is 145. The van der Waals surface area contributed by atoms with Crippen molar-refractivity contribution in [3.8, 4) is 0 Å². The predicted molar refractivity (Wildman–Crippen MR) is 26.1 cm³/mol. The molecule has 3 heteroatoms. The number of imidazole rings is 1. The second-order valence-corrected chi connectivity index (χ2v) is 1.08. The summed E-state index contributed by atoms with van der Waals surface area (Å²) in [5.41, 5.74) is 0. The van der Waals surface area contributed by atoms with Crippen LogP contribution in [0.25, 0.3) is 6.20 Å². The Balaban J connectivity index is 0.000000490. The van der Waals surface area contributed by atoms with Crippen molar-refractivity contribution in [1.82, 2.24) is 9.55 Å². The fourth-order valence-corrected chi connectivity index (χ4v) is 0.322. The second-order valence-electron chi connectivity index (χ2n) is 1.08. The van der Waals surface area contributed by atoms with Crippen molar-refractivity contribution in [2.24, 2.45) is 0 Å². The molecule has 2 nitrogen and oxygen atoms in total. The molecule has 0 aromatic carbocycles. The van der Waals surface area contributed by atoms with E-state index in [-0.39, 0.29) is 31.1 Å². The molecule has 0 amide bonds. The normalized spacial score (nSPS) is 7.50. The monoisotopic (exact) mass is 330 g/mol. The van der Waals surface area contributed by atoms with E-state index >= 15 is 0 Å². The van der Waals surface area contributed by atoms with Crippen LogP contribution in [0.3, 0.4) is 0 Å². The van der Waals surface area contributed by atoms with Crippen molar-refractivity contribution in [2.75, 3.05) is 0 Å². The minimum atomic E-state index is 0. The summed E-state index contributed by atoms with van der Waals surface area (Å²) in [7, 11) is 0. The third-order valence-electron chi connectivity index (χ3n) is 0.636. The van der Waals surface area contributed by atoms with Crippen LogP contribution in [0.15, 0.2) is 12.4 Å². The Hall–Kier alpha value is 0.00195. The Morgan fingerprint density at radius 2 is 2.50 bits per heavy atom. The van der Waals surface area contributed by atoms with Crippen LogP contribution in [0.5, 0.6) is 0 Å². The predicted octanol–water partition coefficient (Wildman–Crippen LogP) is 0.587. The van der Waals surface area contributed by atoms with Crippen LogP contribution in [0, 0.1) is 44.0 Å². The van der Waals surface area contributed by atoms with Gasteiger partial charge in [0.05, 0.1) is 0 Å². The summed E-state index contributed by atoms with van der Waals surface area (Å²) in [4.78, 5) is 3.62. The first-order valence-corrected chi connectivity index (χ1v) is 1.89. The first kappa shape index (κ1) is 8.00. The van der Waals surface area contributed by atoms with Gasteiger partial charge >= 0.3 is 31.1 Å². The van der Waals surface area contributed by atoms with E-state index in [1.54, 1.807) is 17.0 Å². The SMILES string of the molecule is [CH-]=Cn1[c-]ncc1.[U+2]. The maximum absolute atomic E-state index is 5.06. The first-order chi connectivity index (χ1) is 3.43. The van der Waals surface area contributed by atoms with E-state index in [1.807, 2.05) is 0 Å². The van der Waals surface area contributed by atoms with Crippen molar-refractivity contribution in [1.29, 1.82) is 0 Å². The molecule has 0 spiro atoms. The molecule has 0 N–H and O–H groups in total. The van der Waals surface area contributed by atoms with Gasteiger partial charge in [-0.1, -0.05) is 12.4 Å². The molecule has 8 heavy (non-hydrogen) atoms. The van der Waals surface area contributed by atoms with Crippen LogP contribution in [0.2, 0.25) is 0 Å². The smallest absolute Gasteiger partial charge is 0.551 e. The molecule has 1 aromatic heterocycles. The van der Waals surface area contributed by atoms with Gasteiger partial charge in [-0.3, -0.25) is 6.20 Å². The van der Waals surface area contributed by atoms with Gasteiger partial charge in [0.15, 0.2) is 0 Å². The average molecular weight is 330 g/mol. The van der Waals surface area contributed by atoms with Gasteiger partial charge in [0.25, 0.3) is 0 Å². The number of hydrogen-bond acceptors (Lipinski definition) is 1. The molecule has 1 rings (SSSR count). The van der Waals surface area contributed by atoms with Crippen LogP contribution in [-0.4, -0.2) is 9.55 Å². The molecule has 0 aliphatic heterocycles. The van der Waals surface area contributed by atoms with Crippen molar-refractivity contribution in [3.63, 3.8) is 0 Å². The molecule has 1 aromatic rings. The largest absolute Gasteiger partial charge is 2.00 e. The van der Waals surface area contributed by atoms with Crippen LogP contribution in [0.1, 0.15) is 0 Å². The average Bonchev–Trinajstić information content (AvgIpc) is 2.14. The zero-order chi connectivity index (χ0) is 5.11. The van der Waals surface area contributed by atoms with Crippen LogP contribution in [0.4, 0.5) is 0 Å². The van der Waals surface area contributed by atoms with E-state index in [0.29, 0.717) is 0 Å². The zero-order valence-corrected chi connectivity index (χ0v) is 8.37. The zero-order valence-electron chi connectivity index (χ0n) is 4.20. The van der Waals surface area contributed by atoms with Crippen LogP contribution in [-0.2, 0) is 0 Å². The Morgan fingerprint density at radius 1 is 1.75 bits per heavy atom. The summed E-state index contributed by atoms with van der Waals surface area (Å²) in [6, 6.07) is 0. The van der Waals surface area contributed by atoms with Gasteiger partial charge in [-0.2, -0.15) is 0 Å². The van der Waals surface area contributed by atoms with Gasteiger partial charge < -0.3 is 16.1 Å². The third kappa shape index (κ3) is 1.85. The van der Waals surface area contributed by atoms with E-state index < -0.39 is 0 Å². The molecule has 0 saturated carbocycles. The molecule has 1 heterocycles. The molecule has 0 saturated heterocycles. The Labute approximate surface area is 72.0 Å². The molecular weight excluding hydrogens is 326 g/mol. The summed E-state index contributed by atoms with van der Waals surface area (Å²) in [6.45, 7) is 5.06. The van der Waals surface area contributed by atoms with Crippen molar-refractivity contribution >= 4 is 6.20 Å². The van der Waals surface area contributed by atoms with Gasteiger partial charge in [-0.15, -0.1) is 0 Å². The molecular formula is C5H4N2U. The van der Waals surface area contributed by atoms with Gasteiger partial charge in [0, 0.05) is 6.33 Å². The number of hydrogen-bond donors (Lipinski definition) is 0. The molecule has 0 bridgehead atoms. The van der Waals surface area contributed by atoms with Crippen molar-refractivity contribution in [3.05, 3.63) is 25.3 Å². The van der Waals surface area contributed by atoms with E-state index in [4.69, 9.17) is 6.58 Å². The fourth-order valence-electron chi connectivity index (χ4n) is 0.322. The Kier molecular flexibility index (Phi) is 3.94. The summed E-state index contributed by atoms with van der Waals surface area (Å²) in [6.07, 6.45) is 7.28. The van der Waals surface area contributed by atoms with Crippen LogP contribution < -0.4 is 0 Å². The summed E-state index contributed by atoms with van der Waals surface area (Å²) in [5, 5.41) is 0. The van der Waals surface area contributed by atoms with E-state index in [1.165, 1.54) is 6.20 Å². The summed E-state index contributed by atoms with van der Waals surface area (Å²) >= 11 is 0. The molecule has 0 radical (unpaired) electrons. The van der Waals surface area contributed by atoms with Crippen molar-refractivity contribution < 1.29 is 31.1 Å². The number of rotatable bonds is 1. The van der Waals surface area contributed by atoms with Crippen molar-refractivity contribution in [2.45, 2.75) is 0 Å². The Morgan fingerprint density at radius 3 is 2.75 bits per heavy atom. The van der Waals surface area contributed by atoms with E-state index in [2.05, 4.69) is 11.3 Å². The van der Waals surface area contributed by atoms with E-state index in [0.717, 1.165) is 0 Å². The maximum atomic E-state index is 5.06. The van der Waals surface area contributed by atoms with Gasteiger partial charge in [0.1, 0.15) is 0 Å². The molecule has 0 fully saturated rings. The molecule has 38 valence electrons. The van der Waals surface area contributed by atoms with Gasteiger partial charge in [-0.25, -0.2) is 0 Å². The van der Waals surface area contributed by atoms with Gasteiger partial charge in [0.2, 0.25) is 0 Å². The number of aromatic nitrogens is 2. The summed E-state index contributed by atoms with van der Waals surface area (Å²) < 4.78 is 1.54. The minimum absolute atomic E-state index is 0. The minimum Gasteiger partial charge on any atom is -0.551 e. The second kappa shape index (κ2) is 3.94. The molecule has 0 atom stereocenters. The third-order valence-corrected chi connectivity index (χ3v) is 0.636. The first-order valence-electron chi connectivity index (χ1n) is 1.89. The molecule has 0 aliphatic rings. The number of nitrogens with zero attached hydrogens (tertiary/aromatic N) is 2. The quantitative estimate of drug-likeness (QED) is 0.689. The topological polar surface area (TPSA) is 17.8 Å². The standard InChI is InChI=1S/C5H4N2.U/c1-2-7-4-3-6-5-7;/h1-4H;/q-2;+2. The maximum Gasteiger partial charge on any atom is 2.00 e. The molecule has 0 unspecified atom stereocenters. The van der Waals surface area contributed by atoms with Gasteiger partial charge in [-0.05, 0) is 0 Å². The van der Waals surface area contributed by atoms with Crippen LogP contribution >= 0.6 is 0 Å². The van der Waals surface area contributed by atoms with E-state index in [9.17, 15) is 0 Å².